The average molecular weight is 261 g/mol. The molecule has 2 aromatic carbocycles. The van der Waals surface area contributed by atoms with Gasteiger partial charge in [-0.05, 0) is 24.3 Å². The van der Waals surface area contributed by atoms with Crippen molar-refractivity contribution < 1.29 is 9.53 Å². The van der Waals surface area contributed by atoms with E-state index in [1.54, 1.807) is 6.07 Å². The molecule has 3 heteroatoms. The number of aldehydes is 1. The maximum Gasteiger partial charge on any atom is 0.153 e. The Morgan fingerprint density at radius 1 is 1.10 bits per heavy atom. The lowest BCUT2D eigenvalue weighted by Crippen LogP contribution is -2.09. The van der Waals surface area contributed by atoms with Crippen LogP contribution in [0.1, 0.15) is 15.9 Å². The number of nitrogens with zero attached hydrogens (tertiary/aromatic N) is 1. The summed E-state index contributed by atoms with van der Waals surface area (Å²) in [5, 5.41) is 1.10. The minimum absolute atomic E-state index is 0.449. The van der Waals surface area contributed by atoms with Gasteiger partial charge < -0.3 is 4.74 Å². The first-order chi connectivity index (χ1) is 9.86. The Labute approximate surface area is 115 Å². The highest BCUT2D eigenvalue weighted by Crippen LogP contribution is 2.39. The zero-order valence-electron chi connectivity index (χ0n) is 10.7. The number of pyridine rings is 1. The van der Waals surface area contributed by atoms with Crippen molar-refractivity contribution in [3.05, 3.63) is 59.7 Å². The predicted molar refractivity (Wildman–Crippen MR) is 76.9 cm³/mol. The number of ether oxygens (including phenoxy) is 1. The van der Waals surface area contributed by atoms with Crippen LogP contribution >= 0.6 is 0 Å². The van der Waals surface area contributed by atoms with Crippen molar-refractivity contribution in [2.75, 3.05) is 0 Å². The van der Waals surface area contributed by atoms with Crippen molar-refractivity contribution in [3.8, 4) is 17.0 Å². The molecule has 2 heterocycles. The lowest BCUT2D eigenvalue weighted by molar-refractivity contribution is 0.111. The third-order valence-electron chi connectivity index (χ3n) is 3.60. The van der Waals surface area contributed by atoms with Crippen LogP contribution in [0, 0.1) is 0 Å². The first-order valence-electron chi connectivity index (χ1n) is 6.47. The zero-order chi connectivity index (χ0) is 13.5. The molecule has 0 saturated heterocycles. The third kappa shape index (κ3) is 1.53. The first-order valence-corrected chi connectivity index (χ1v) is 6.47. The fourth-order valence-electron chi connectivity index (χ4n) is 2.65. The van der Waals surface area contributed by atoms with Crippen LogP contribution in [0.3, 0.4) is 0 Å². The molecule has 3 nitrogen and oxygen atoms in total. The smallest absolute Gasteiger partial charge is 0.153 e. The molecule has 0 atom stereocenters. The maximum atomic E-state index is 11.1. The Kier molecular flexibility index (Phi) is 2.33. The van der Waals surface area contributed by atoms with Crippen molar-refractivity contribution in [1.29, 1.82) is 0 Å². The number of para-hydroxylation sites is 2. The lowest BCUT2D eigenvalue weighted by Gasteiger charge is -2.21. The first kappa shape index (κ1) is 11.2. The number of benzene rings is 2. The minimum atomic E-state index is 0.449. The van der Waals surface area contributed by atoms with E-state index in [0.717, 1.165) is 34.0 Å². The number of fused-ring (bicyclic) bond motifs is 4. The summed E-state index contributed by atoms with van der Waals surface area (Å²) in [6.07, 6.45) is 0.824. The molecule has 0 spiro atoms. The molecule has 0 unspecified atom stereocenters. The largest absolute Gasteiger partial charge is 0.487 e. The fourth-order valence-corrected chi connectivity index (χ4v) is 2.65. The van der Waals surface area contributed by atoms with E-state index in [0.29, 0.717) is 17.9 Å². The SMILES string of the molecule is O=Cc1cccc2c1OCc1cc3ccccc3nc1-2. The van der Waals surface area contributed by atoms with Crippen molar-refractivity contribution in [2.45, 2.75) is 6.61 Å². The van der Waals surface area contributed by atoms with Crippen LogP contribution in [0.4, 0.5) is 0 Å². The summed E-state index contributed by atoms with van der Waals surface area (Å²) in [5.41, 5.74) is 4.38. The van der Waals surface area contributed by atoms with Gasteiger partial charge in [0.1, 0.15) is 12.4 Å². The lowest BCUT2D eigenvalue weighted by atomic mass is 9.98. The molecule has 3 aromatic rings. The summed E-state index contributed by atoms with van der Waals surface area (Å²) < 4.78 is 5.75. The summed E-state index contributed by atoms with van der Waals surface area (Å²) in [5.74, 6) is 0.637. The Bertz CT molecular complexity index is 840. The Hall–Kier alpha value is -2.68. The highest BCUT2D eigenvalue weighted by atomic mass is 16.5. The molecule has 1 aliphatic rings. The molecule has 1 aromatic heterocycles. The summed E-state index contributed by atoms with van der Waals surface area (Å²) >= 11 is 0. The van der Waals surface area contributed by atoms with E-state index >= 15 is 0 Å². The molecule has 0 radical (unpaired) electrons. The van der Waals surface area contributed by atoms with Gasteiger partial charge in [-0.3, -0.25) is 4.79 Å². The van der Waals surface area contributed by atoms with Crippen LogP contribution in [-0.4, -0.2) is 11.3 Å². The van der Waals surface area contributed by atoms with Gasteiger partial charge >= 0.3 is 0 Å². The van der Waals surface area contributed by atoms with Crippen LogP contribution in [0.25, 0.3) is 22.2 Å². The highest BCUT2D eigenvalue weighted by molar-refractivity contribution is 5.89. The van der Waals surface area contributed by atoms with Gasteiger partial charge in [-0.1, -0.05) is 24.3 Å². The molecule has 0 bridgehead atoms. The van der Waals surface area contributed by atoms with E-state index < -0.39 is 0 Å². The van der Waals surface area contributed by atoms with Gasteiger partial charge in [-0.15, -0.1) is 0 Å². The molecule has 4 rings (SSSR count). The molecule has 0 N–H and O–H groups in total. The van der Waals surface area contributed by atoms with Crippen LogP contribution in [0.2, 0.25) is 0 Å². The second-order valence-corrected chi connectivity index (χ2v) is 4.82. The molecule has 1 aliphatic heterocycles. The van der Waals surface area contributed by atoms with Crippen LogP contribution in [0.5, 0.6) is 5.75 Å². The van der Waals surface area contributed by atoms with Crippen molar-refractivity contribution in [2.24, 2.45) is 0 Å². The van der Waals surface area contributed by atoms with Gasteiger partial charge in [0, 0.05) is 16.5 Å². The molecule has 0 amide bonds. The molecule has 96 valence electrons. The number of rotatable bonds is 1. The Balaban J connectivity index is 2.04. The van der Waals surface area contributed by atoms with Crippen molar-refractivity contribution in [3.63, 3.8) is 0 Å². The van der Waals surface area contributed by atoms with Crippen LogP contribution < -0.4 is 4.74 Å². The number of hydrogen-bond acceptors (Lipinski definition) is 3. The molecule has 0 fully saturated rings. The number of carbonyl (C=O) groups excluding carboxylic acids is 1. The number of hydrogen-bond donors (Lipinski definition) is 0. The molecular formula is C17H11NO2. The van der Waals surface area contributed by atoms with E-state index in [1.165, 1.54) is 0 Å². The summed E-state index contributed by atoms with van der Waals surface area (Å²) in [6.45, 7) is 0.449. The second-order valence-electron chi connectivity index (χ2n) is 4.82. The normalized spacial score (nSPS) is 12.4. The molecule has 0 aliphatic carbocycles. The van der Waals surface area contributed by atoms with E-state index in [2.05, 4.69) is 6.07 Å². The number of carbonyl (C=O) groups is 1. The highest BCUT2D eigenvalue weighted by Gasteiger charge is 2.21. The number of aromatic nitrogens is 1. The topological polar surface area (TPSA) is 39.2 Å². The third-order valence-corrected chi connectivity index (χ3v) is 3.60. The monoisotopic (exact) mass is 261 g/mol. The van der Waals surface area contributed by atoms with Gasteiger partial charge in [-0.25, -0.2) is 4.98 Å². The van der Waals surface area contributed by atoms with E-state index in [9.17, 15) is 4.79 Å². The predicted octanol–water partition coefficient (Wildman–Crippen LogP) is 3.61. The van der Waals surface area contributed by atoms with E-state index in [4.69, 9.17) is 9.72 Å². The van der Waals surface area contributed by atoms with Crippen LogP contribution in [-0.2, 0) is 6.61 Å². The average Bonchev–Trinajstić information content (AvgIpc) is 2.52. The van der Waals surface area contributed by atoms with Crippen molar-refractivity contribution in [1.82, 2.24) is 4.98 Å². The Morgan fingerprint density at radius 3 is 2.90 bits per heavy atom. The standard InChI is InChI=1S/C17H11NO2/c19-9-12-5-3-6-14-16-13(10-20-17(12)14)8-11-4-1-2-7-15(11)18-16/h1-9H,10H2. The maximum absolute atomic E-state index is 11.1. The summed E-state index contributed by atoms with van der Waals surface area (Å²) in [4.78, 5) is 15.8. The van der Waals surface area contributed by atoms with Crippen molar-refractivity contribution >= 4 is 17.2 Å². The fraction of sp³-hybridized carbons (Fsp3) is 0.0588. The molecular weight excluding hydrogens is 250 g/mol. The van der Waals surface area contributed by atoms with E-state index in [1.807, 2.05) is 36.4 Å². The molecule has 0 saturated carbocycles. The quantitative estimate of drug-likeness (QED) is 0.628. The van der Waals surface area contributed by atoms with Gasteiger partial charge in [-0.2, -0.15) is 0 Å². The van der Waals surface area contributed by atoms with Gasteiger partial charge in [0.25, 0.3) is 0 Å². The van der Waals surface area contributed by atoms with Gasteiger partial charge in [0.15, 0.2) is 6.29 Å². The Morgan fingerprint density at radius 2 is 2.00 bits per heavy atom. The second kappa shape index (κ2) is 4.17. The van der Waals surface area contributed by atoms with E-state index in [-0.39, 0.29) is 0 Å². The van der Waals surface area contributed by atoms with Gasteiger partial charge in [0.05, 0.1) is 16.8 Å². The van der Waals surface area contributed by atoms with Crippen LogP contribution in [0.15, 0.2) is 48.5 Å². The minimum Gasteiger partial charge on any atom is -0.487 e. The molecule has 20 heavy (non-hydrogen) atoms. The zero-order valence-corrected chi connectivity index (χ0v) is 10.7. The summed E-state index contributed by atoms with van der Waals surface area (Å²) in [6, 6.07) is 15.7. The van der Waals surface area contributed by atoms with Gasteiger partial charge in [0.2, 0.25) is 0 Å². The summed E-state index contributed by atoms with van der Waals surface area (Å²) in [7, 11) is 0.